The number of thioether (sulfide) groups is 1. The summed E-state index contributed by atoms with van der Waals surface area (Å²) in [6.07, 6.45) is 1.47. The second-order valence-corrected chi connectivity index (χ2v) is 5.45. The number of carbonyl (C=O) groups excluding carboxylic acids is 1. The summed E-state index contributed by atoms with van der Waals surface area (Å²) >= 11 is 7.39. The number of aromatic nitrogens is 1. The second kappa shape index (κ2) is 6.59. The Morgan fingerprint density at radius 3 is 2.79 bits per heavy atom. The number of pyridine rings is 1. The molecule has 0 fully saturated rings. The monoisotopic (exact) mass is 292 g/mol. The minimum absolute atomic E-state index is 0.187. The molecule has 0 bridgehead atoms. The Hall–Kier alpha value is -1.52. The van der Waals surface area contributed by atoms with Crippen molar-refractivity contribution in [1.29, 1.82) is 0 Å². The van der Waals surface area contributed by atoms with Gasteiger partial charge >= 0.3 is 0 Å². The average Bonchev–Trinajstić information content (AvgIpc) is 2.42. The van der Waals surface area contributed by atoms with E-state index in [1.807, 2.05) is 24.3 Å². The standard InChI is InChI=1S/C14H13ClN2OS/c1-2-19-12-6-4-3-5-11(12)17-14(18)10-7-8-13(15)16-9-10/h3-9H,2H2,1H3,(H,17,18). The van der Waals surface area contributed by atoms with Gasteiger partial charge in [-0.25, -0.2) is 4.98 Å². The van der Waals surface area contributed by atoms with Crippen LogP contribution in [0.25, 0.3) is 0 Å². The van der Waals surface area contributed by atoms with Crippen molar-refractivity contribution in [1.82, 2.24) is 4.98 Å². The van der Waals surface area contributed by atoms with Crippen molar-refractivity contribution in [2.75, 3.05) is 11.1 Å². The first-order valence-electron chi connectivity index (χ1n) is 5.85. The van der Waals surface area contributed by atoms with Crippen LogP contribution in [0.3, 0.4) is 0 Å². The molecule has 0 aliphatic heterocycles. The molecule has 1 aromatic carbocycles. The molecule has 0 saturated carbocycles. The first kappa shape index (κ1) is 13.9. The van der Waals surface area contributed by atoms with Gasteiger partial charge in [-0.1, -0.05) is 30.7 Å². The zero-order valence-corrected chi connectivity index (χ0v) is 12.0. The molecule has 19 heavy (non-hydrogen) atoms. The fraction of sp³-hybridized carbons (Fsp3) is 0.143. The Bertz CT molecular complexity index is 572. The smallest absolute Gasteiger partial charge is 0.257 e. The van der Waals surface area contributed by atoms with E-state index in [-0.39, 0.29) is 5.91 Å². The third-order valence-electron chi connectivity index (χ3n) is 2.42. The van der Waals surface area contributed by atoms with Gasteiger partial charge in [0.25, 0.3) is 5.91 Å². The molecule has 5 heteroatoms. The highest BCUT2D eigenvalue weighted by atomic mass is 35.5. The lowest BCUT2D eigenvalue weighted by atomic mass is 10.2. The number of hydrogen-bond donors (Lipinski definition) is 1. The number of benzene rings is 1. The van der Waals surface area contributed by atoms with Crippen molar-refractivity contribution in [3.8, 4) is 0 Å². The van der Waals surface area contributed by atoms with E-state index in [9.17, 15) is 4.79 Å². The molecular weight excluding hydrogens is 280 g/mol. The number of para-hydroxylation sites is 1. The topological polar surface area (TPSA) is 42.0 Å². The summed E-state index contributed by atoms with van der Waals surface area (Å²) in [5, 5.41) is 3.26. The highest BCUT2D eigenvalue weighted by Gasteiger charge is 2.09. The van der Waals surface area contributed by atoms with Crippen LogP contribution in [0.5, 0.6) is 0 Å². The molecule has 1 amide bonds. The molecule has 1 N–H and O–H groups in total. The van der Waals surface area contributed by atoms with Crippen LogP contribution in [-0.4, -0.2) is 16.6 Å². The summed E-state index contributed by atoms with van der Waals surface area (Å²) < 4.78 is 0. The molecular formula is C14H13ClN2OS. The summed E-state index contributed by atoms with van der Waals surface area (Å²) in [6, 6.07) is 11.0. The fourth-order valence-electron chi connectivity index (χ4n) is 1.56. The first-order valence-corrected chi connectivity index (χ1v) is 7.22. The molecule has 0 saturated heterocycles. The summed E-state index contributed by atoms with van der Waals surface area (Å²) in [4.78, 5) is 17.0. The Labute approximate surface area is 121 Å². The minimum Gasteiger partial charge on any atom is -0.321 e. The van der Waals surface area contributed by atoms with Crippen molar-refractivity contribution >= 4 is 35.0 Å². The molecule has 0 atom stereocenters. The van der Waals surface area contributed by atoms with Crippen LogP contribution in [-0.2, 0) is 0 Å². The Balaban J connectivity index is 2.16. The van der Waals surface area contributed by atoms with Crippen LogP contribution in [0.1, 0.15) is 17.3 Å². The van der Waals surface area contributed by atoms with Crippen molar-refractivity contribution < 1.29 is 4.79 Å². The maximum Gasteiger partial charge on any atom is 0.257 e. The molecule has 0 unspecified atom stereocenters. The fourth-order valence-corrected chi connectivity index (χ4v) is 2.43. The van der Waals surface area contributed by atoms with E-state index >= 15 is 0 Å². The first-order chi connectivity index (χ1) is 9.20. The number of rotatable bonds is 4. The number of anilines is 1. The second-order valence-electron chi connectivity index (χ2n) is 3.75. The molecule has 2 rings (SSSR count). The summed E-state index contributed by atoms with van der Waals surface area (Å²) in [5.41, 5.74) is 1.30. The maximum atomic E-state index is 12.1. The van der Waals surface area contributed by atoms with E-state index < -0.39 is 0 Å². The van der Waals surface area contributed by atoms with Gasteiger partial charge in [-0.05, 0) is 30.0 Å². The summed E-state index contributed by atoms with van der Waals surface area (Å²) in [5.74, 6) is 0.767. The van der Waals surface area contributed by atoms with Gasteiger partial charge in [0.05, 0.1) is 11.3 Å². The number of nitrogens with zero attached hydrogens (tertiary/aromatic N) is 1. The predicted octanol–water partition coefficient (Wildman–Crippen LogP) is 4.10. The van der Waals surface area contributed by atoms with Crippen molar-refractivity contribution in [2.45, 2.75) is 11.8 Å². The van der Waals surface area contributed by atoms with E-state index in [1.54, 1.807) is 23.9 Å². The quantitative estimate of drug-likeness (QED) is 0.681. The highest BCUT2D eigenvalue weighted by molar-refractivity contribution is 7.99. The largest absolute Gasteiger partial charge is 0.321 e. The number of hydrogen-bond acceptors (Lipinski definition) is 3. The van der Waals surface area contributed by atoms with Gasteiger partial charge in [0.2, 0.25) is 0 Å². The third-order valence-corrected chi connectivity index (χ3v) is 3.60. The number of halogens is 1. The van der Waals surface area contributed by atoms with Gasteiger partial charge in [-0.15, -0.1) is 11.8 Å². The van der Waals surface area contributed by atoms with Crippen molar-refractivity contribution in [2.24, 2.45) is 0 Å². The van der Waals surface area contributed by atoms with E-state index in [1.165, 1.54) is 6.20 Å². The Kier molecular flexibility index (Phi) is 4.82. The number of carbonyl (C=O) groups is 1. The molecule has 0 radical (unpaired) electrons. The van der Waals surface area contributed by atoms with Gasteiger partial charge in [0.1, 0.15) is 5.15 Å². The van der Waals surface area contributed by atoms with Crippen LogP contribution >= 0.6 is 23.4 Å². The minimum atomic E-state index is -0.187. The van der Waals surface area contributed by atoms with Crippen molar-refractivity contribution in [3.63, 3.8) is 0 Å². The number of nitrogens with one attached hydrogen (secondary N) is 1. The molecule has 0 aliphatic rings. The lowest BCUT2D eigenvalue weighted by Crippen LogP contribution is -2.12. The van der Waals surface area contributed by atoms with Crippen LogP contribution in [0.2, 0.25) is 5.15 Å². The predicted molar refractivity (Wildman–Crippen MR) is 80.0 cm³/mol. The molecule has 0 spiro atoms. The third kappa shape index (κ3) is 3.72. The van der Waals surface area contributed by atoms with Gasteiger partial charge in [-0.2, -0.15) is 0 Å². The normalized spacial score (nSPS) is 10.2. The van der Waals surface area contributed by atoms with E-state index in [2.05, 4.69) is 17.2 Å². The summed E-state index contributed by atoms with van der Waals surface area (Å²) in [7, 11) is 0. The Morgan fingerprint density at radius 1 is 1.32 bits per heavy atom. The van der Waals surface area contributed by atoms with Gasteiger partial charge < -0.3 is 5.32 Å². The van der Waals surface area contributed by atoms with Crippen LogP contribution in [0.15, 0.2) is 47.5 Å². The summed E-state index contributed by atoms with van der Waals surface area (Å²) in [6.45, 7) is 2.08. The van der Waals surface area contributed by atoms with Crippen LogP contribution in [0.4, 0.5) is 5.69 Å². The zero-order chi connectivity index (χ0) is 13.7. The van der Waals surface area contributed by atoms with E-state index in [4.69, 9.17) is 11.6 Å². The van der Waals surface area contributed by atoms with Crippen LogP contribution < -0.4 is 5.32 Å². The molecule has 1 aromatic heterocycles. The molecule has 1 heterocycles. The zero-order valence-electron chi connectivity index (χ0n) is 10.4. The molecule has 2 aromatic rings. The lowest BCUT2D eigenvalue weighted by molar-refractivity contribution is 0.102. The van der Waals surface area contributed by atoms with Gasteiger partial charge in [0.15, 0.2) is 0 Å². The molecule has 3 nitrogen and oxygen atoms in total. The average molecular weight is 293 g/mol. The number of amides is 1. The van der Waals surface area contributed by atoms with Gasteiger partial charge in [-0.3, -0.25) is 4.79 Å². The van der Waals surface area contributed by atoms with E-state index in [0.29, 0.717) is 10.7 Å². The van der Waals surface area contributed by atoms with Crippen molar-refractivity contribution in [3.05, 3.63) is 53.3 Å². The molecule has 98 valence electrons. The van der Waals surface area contributed by atoms with Gasteiger partial charge in [0, 0.05) is 11.1 Å². The van der Waals surface area contributed by atoms with E-state index in [0.717, 1.165) is 16.3 Å². The van der Waals surface area contributed by atoms with Crippen LogP contribution in [0, 0.1) is 0 Å². The lowest BCUT2D eigenvalue weighted by Gasteiger charge is -2.09. The SMILES string of the molecule is CCSc1ccccc1NC(=O)c1ccc(Cl)nc1. The Morgan fingerprint density at radius 2 is 2.11 bits per heavy atom. The molecule has 0 aliphatic carbocycles. The highest BCUT2D eigenvalue weighted by Crippen LogP contribution is 2.26. The maximum absolute atomic E-state index is 12.1.